The Kier molecular flexibility index (Phi) is 5.03. The van der Waals surface area contributed by atoms with Gasteiger partial charge in [-0.25, -0.2) is 4.98 Å². The van der Waals surface area contributed by atoms with E-state index in [-0.39, 0.29) is 11.6 Å². The van der Waals surface area contributed by atoms with Crippen molar-refractivity contribution in [2.45, 2.75) is 32.6 Å². The van der Waals surface area contributed by atoms with E-state index in [1.165, 1.54) is 24.2 Å². The molecule has 2 heterocycles. The summed E-state index contributed by atoms with van der Waals surface area (Å²) in [7, 11) is 0. The first kappa shape index (κ1) is 16.8. The number of aryl methyl sites for hydroxylation is 1. The maximum Gasteiger partial charge on any atom is 0.271 e. The second kappa shape index (κ2) is 7.21. The molecule has 0 radical (unpaired) electrons. The molecule has 2 aromatic rings. The van der Waals surface area contributed by atoms with Crippen molar-refractivity contribution in [1.29, 1.82) is 0 Å². The second-order valence-electron chi connectivity index (χ2n) is 5.91. The molecule has 0 aromatic carbocycles. The zero-order valence-corrected chi connectivity index (χ0v) is 14.1. The summed E-state index contributed by atoms with van der Waals surface area (Å²) in [4.78, 5) is 20.3. The lowest BCUT2D eigenvalue weighted by atomic mass is 10.1. The number of amides is 1. The number of nitrogens with zero attached hydrogens (tertiary/aromatic N) is 2. The van der Waals surface area contributed by atoms with Gasteiger partial charge in [-0.3, -0.25) is 4.79 Å². The molecular weight excluding hydrogens is 334 g/mol. The standard InChI is InChI=1S/C16H18F2N4OS/c1-9-14(15(23)19-8-10-4-2-3-5-10)22-16(24-9)20-11-6-12(17)21-13(18)7-11/h6-7,10H,2-5,8H2,1H3,(H,19,23)(H,20,21,22). The lowest BCUT2D eigenvalue weighted by Gasteiger charge is -2.09. The minimum Gasteiger partial charge on any atom is -0.350 e. The molecule has 0 spiro atoms. The molecule has 3 rings (SSSR count). The summed E-state index contributed by atoms with van der Waals surface area (Å²) in [6.07, 6.45) is 4.76. The molecule has 0 atom stereocenters. The third-order valence-corrected chi connectivity index (χ3v) is 4.94. The molecule has 0 saturated heterocycles. The molecule has 1 aliphatic carbocycles. The smallest absolute Gasteiger partial charge is 0.271 e. The maximum absolute atomic E-state index is 13.1. The fourth-order valence-electron chi connectivity index (χ4n) is 2.86. The molecule has 1 saturated carbocycles. The number of hydrogen-bond donors (Lipinski definition) is 2. The van der Waals surface area contributed by atoms with Crippen LogP contribution in [0.5, 0.6) is 0 Å². The first-order valence-electron chi connectivity index (χ1n) is 7.87. The fourth-order valence-corrected chi connectivity index (χ4v) is 3.69. The van der Waals surface area contributed by atoms with Crippen LogP contribution in [0, 0.1) is 24.7 Å². The molecule has 24 heavy (non-hydrogen) atoms. The predicted octanol–water partition coefficient (Wildman–Crippen LogP) is 3.79. The van der Waals surface area contributed by atoms with Crippen LogP contribution in [0.4, 0.5) is 19.6 Å². The van der Waals surface area contributed by atoms with Gasteiger partial charge in [0.15, 0.2) is 5.13 Å². The van der Waals surface area contributed by atoms with Crippen LogP contribution in [0.15, 0.2) is 12.1 Å². The SMILES string of the molecule is Cc1sc(Nc2cc(F)nc(F)c2)nc1C(=O)NCC1CCCC1. The minimum absolute atomic E-state index is 0.201. The summed E-state index contributed by atoms with van der Waals surface area (Å²) in [5.41, 5.74) is 0.544. The van der Waals surface area contributed by atoms with Crippen molar-refractivity contribution < 1.29 is 13.6 Å². The van der Waals surface area contributed by atoms with Crippen molar-refractivity contribution in [2.24, 2.45) is 5.92 Å². The topological polar surface area (TPSA) is 66.9 Å². The Bertz CT molecular complexity index is 723. The summed E-state index contributed by atoms with van der Waals surface area (Å²) < 4.78 is 26.2. The van der Waals surface area contributed by atoms with Gasteiger partial charge in [-0.05, 0) is 25.7 Å². The van der Waals surface area contributed by atoms with Gasteiger partial charge >= 0.3 is 0 Å². The average Bonchev–Trinajstić information content (AvgIpc) is 3.13. The van der Waals surface area contributed by atoms with Gasteiger partial charge in [-0.2, -0.15) is 13.8 Å². The van der Waals surface area contributed by atoms with E-state index in [4.69, 9.17) is 0 Å². The molecule has 128 valence electrons. The number of aromatic nitrogens is 2. The molecule has 8 heteroatoms. The highest BCUT2D eigenvalue weighted by Gasteiger charge is 2.19. The molecular formula is C16H18F2N4OS. The number of rotatable bonds is 5. The molecule has 1 amide bonds. The normalized spacial score (nSPS) is 14.8. The highest BCUT2D eigenvalue weighted by atomic mass is 32.1. The zero-order valence-electron chi connectivity index (χ0n) is 13.2. The van der Waals surface area contributed by atoms with Gasteiger partial charge in [-0.15, -0.1) is 11.3 Å². The number of carbonyl (C=O) groups is 1. The first-order chi connectivity index (χ1) is 11.5. The third-order valence-electron chi connectivity index (χ3n) is 4.05. The van der Waals surface area contributed by atoms with E-state index in [0.29, 0.717) is 23.3 Å². The van der Waals surface area contributed by atoms with Gasteiger partial charge in [0.25, 0.3) is 5.91 Å². The van der Waals surface area contributed by atoms with Crippen LogP contribution >= 0.6 is 11.3 Å². The molecule has 0 unspecified atom stereocenters. The Labute approximate surface area is 142 Å². The number of pyridine rings is 1. The van der Waals surface area contributed by atoms with Crippen molar-refractivity contribution in [3.05, 3.63) is 34.6 Å². The van der Waals surface area contributed by atoms with Crippen molar-refractivity contribution in [3.63, 3.8) is 0 Å². The number of halogens is 2. The molecule has 5 nitrogen and oxygen atoms in total. The van der Waals surface area contributed by atoms with Crippen LogP contribution in [0.3, 0.4) is 0 Å². The Hall–Kier alpha value is -2.09. The van der Waals surface area contributed by atoms with Crippen LogP contribution in [-0.4, -0.2) is 22.4 Å². The molecule has 1 aliphatic rings. The summed E-state index contributed by atoms with van der Waals surface area (Å²) >= 11 is 1.26. The van der Waals surface area contributed by atoms with Gasteiger partial charge in [0.2, 0.25) is 11.9 Å². The van der Waals surface area contributed by atoms with E-state index < -0.39 is 11.9 Å². The number of hydrogen-bond acceptors (Lipinski definition) is 5. The van der Waals surface area contributed by atoms with Gasteiger partial charge in [0.1, 0.15) is 5.69 Å². The van der Waals surface area contributed by atoms with E-state index in [1.54, 1.807) is 6.92 Å². The highest BCUT2D eigenvalue weighted by Crippen LogP contribution is 2.27. The molecule has 0 bridgehead atoms. The molecule has 1 fully saturated rings. The van der Waals surface area contributed by atoms with E-state index in [9.17, 15) is 13.6 Å². The molecule has 2 N–H and O–H groups in total. The van der Waals surface area contributed by atoms with E-state index in [2.05, 4.69) is 20.6 Å². The molecule has 2 aromatic heterocycles. The Balaban J connectivity index is 1.66. The van der Waals surface area contributed by atoms with Crippen molar-refractivity contribution >= 4 is 28.1 Å². The van der Waals surface area contributed by atoms with Crippen LogP contribution in [0.2, 0.25) is 0 Å². The van der Waals surface area contributed by atoms with Gasteiger partial charge in [0.05, 0.1) is 0 Å². The van der Waals surface area contributed by atoms with Gasteiger partial charge < -0.3 is 10.6 Å². The van der Waals surface area contributed by atoms with Crippen LogP contribution in [-0.2, 0) is 0 Å². The zero-order chi connectivity index (χ0) is 17.1. The average molecular weight is 352 g/mol. The predicted molar refractivity (Wildman–Crippen MR) is 88.6 cm³/mol. The Morgan fingerprint density at radius 3 is 2.58 bits per heavy atom. The number of anilines is 2. The number of thiazole rings is 1. The van der Waals surface area contributed by atoms with Gasteiger partial charge in [-0.1, -0.05) is 12.8 Å². The largest absolute Gasteiger partial charge is 0.350 e. The Morgan fingerprint density at radius 1 is 1.25 bits per heavy atom. The monoisotopic (exact) mass is 352 g/mol. The third kappa shape index (κ3) is 4.05. The summed E-state index contributed by atoms with van der Waals surface area (Å²) in [6, 6.07) is 2.14. The van der Waals surface area contributed by atoms with Crippen LogP contribution in [0.1, 0.15) is 41.0 Å². The Morgan fingerprint density at radius 2 is 1.92 bits per heavy atom. The summed E-state index contributed by atoms with van der Waals surface area (Å²) in [5.74, 6) is -1.50. The van der Waals surface area contributed by atoms with E-state index in [0.717, 1.165) is 29.9 Å². The van der Waals surface area contributed by atoms with Gasteiger partial charge in [0, 0.05) is 29.2 Å². The highest BCUT2D eigenvalue weighted by molar-refractivity contribution is 7.15. The quantitative estimate of drug-likeness (QED) is 0.804. The lowest BCUT2D eigenvalue weighted by Crippen LogP contribution is -2.29. The van der Waals surface area contributed by atoms with E-state index >= 15 is 0 Å². The van der Waals surface area contributed by atoms with Crippen LogP contribution < -0.4 is 10.6 Å². The van der Waals surface area contributed by atoms with Crippen molar-refractivity contribution in [2.75, 3.05) is 11.9 Å². The van der Waals surface area contributed by atoms with Crippen molar-refractivity contribution in [3.8, 4) is 0 Å². The van der Waals surface area contributed by atoms with Crippen molar-refractivity contribution in [1.82, 2.24) is 15.3 Å². The fraction of sp³-hybridized carbons (Fsp3) is 0.438. The number of nitrogens with one attached hydrogen (secondary N) is 2. The summed E-state index contributed by atoms with van der Waals surface area (Å²) in [6.45, 7) is 2.46. The number of carbonyl (C=O) groups excluding carboxylic acids is 1. The first-order valence-corrected chi connectivity index (χ1v) is 8.68. The van der Waals surface area contributed by atoms with E-state index in [1.807, 2.05) is 0 Å². The second-order valence-corrected chi connectivity index (χ2v) is 7.11. The molecule has 0 aliphatic heterocycles. The minimum atomic E-state index is -0.916. The van der Waals surface area contributed by atoms with Crippen LogP contribution in [0.25, 0.3) is 0 Å². The lowest BCUT2D eigenvalue weighted by molar-refractivity contribution is 0.0942. The summed E-state index contributed by atoms with van der Waals surface area (Å²) in [5, 5.41) is 6.14. The maximum atomic E-state index is 13.1.